The van der Waals surface area contributed by atoms with E-state index in [1.165, 1.54) is 5.56 Å². The molecule has 76 valence electrons. The molecule has 2 nitrogen and oxygen atoms in total. The van der Waals surface area contributed by atoms with E-state index in [2.05, 4.69) is 21.2 Å². The van der Waals surface area contributed by atoms with Crippen LogP contribution in [-0.2, 0) is 4.79 Å². The summed E-state index contributed by atoms with van der Waals surface area (Å²) >= 11 is 3.41. The molecule has 0 saturated carbocycles. The summed E-state index contributed by atoms with van der Waals surface area (Å²) in [5, 5.41) is 2.85. The molecular formula is C11H14BrNO. The maximum Gasteiger partial charge on any atom is 0.226 e. The number of carbonyl (C=O) groups is 1. The average Bonchev–Trinajstić information content (AvgIpc) is 2.09. The van der Waals surface area contributed by atoms with E-state index in [0.717, 1.165) is 10.2 Å². The third-order valence-corrected chi connectivity index (χ3v) is 2.56. The van der Waals surface area contributed by atoms with Gasteiger partial charge in [0.05, 0.1) is 5.69 Å². The Morgan fingerprint density at radius 1 is 1.43 bits per heavy atom. The molecule has 0 radical (unpaired) electrons. The summed E-state index contributed by atoms with van der Waals surface area (Å²) in [4.78, 5) is 11.4. The first-order valence-corrected chi connectivity index (χ1v) is 5.37. The van der Waals surface area contributed by atoms with Crippen LogP contribution in [0.2, 0.25) is 0 Å². The van der Waals surface area contributed by atoms with Crippen LogP contribution in [-0.4, -0.2) is 5.91 Å². The molecule has 0 fully saturated rings. The van der Waals surface area contributed by atoms with Gasteiger partial charge in [-0.15, -0.1) is 0 Å². The molecule has 0 aliphatic heterocycles. The molecule has 0 aromatic heterocycles. The molecule has 1 amide bonds. The zero-order valence-electron chi connectivity index (χ0n) is 8.60. The van der Waals surface area contributed by atoms with Gasteiger partial charge in [0.2, 0.25) is 5.91 Å². The summed E-state index contributed by atoms with van der Waals surface area (Å²) in [6.07, 6.45) is 0. The molecular weight excluding hydrogens is 242 g/mol. The quantitative estimate of drug-likeness (QED) is 0.863. The monoisotopic (exact) mass is 255 g/mol. The molecule has 0 spiro atoms. The Bertz CT molecular complexity index is 347. The Morgan fingerprint density at radius 3 is 2.57 bits per heavy atom. The minimum Gasteiger partial charge on any atom is -0.325 e. The molecule has 0 bridgehead atoms. The predicted molar refractivity (Wildman–Crippen MR) is 62.3 cm³/mol. The van der Waals surface area contributed by atoms with Gasteiger partial charge in [-0.05, 0) is 40.5 Å². The van der Waals surface area contributed by atoms with E-state index in [1.807, 2.05) is 39.0 Å². The van der Waals surface area contributed by atoms with Crippen LogP contribution < -0.4 is 5.32 Å². The summed E-state index contributed by atoms with van der Waals surface area (Å²) in [6, 6.07) is 5.86. The minimum absolute atomic E-state index is 0.00297. The third-order valence-electron chi connectivity index (χ3n) is 1.91. The molecule has 0 aliphatic carbocycles. The fourth-order valence-corrected chi connectivity index (χ4v) is 1.59. The highest BCUT2D eigenvalue weighted by Crippen LogP contribution is 2.23. The van der Waals surface area contributed by atoms with Crippen LogP contribution in [0.15, 0.2) is 22.7 Å². The highest BCUT2D eigenvalue weighted by molar-refractivity contribution is 9.10. The van der Waals surface area contributed by atoms with Crippen molar-refractivity contribution < 1.29 is 4.79 Å². The fraction of sp³-hybridized carbons (Fsp3) is 0.364. The van der Waals surface area contributed by atoms with E-state index >= 15 is 0 Å². The Labute approximate surface area is 92.8 Å². The normalized spacial score (nSPS) is 10.4. The lowest BCUT2D eigenvalue weighted by Gasteiger charge is -2.09. The molecule has 0 heterocycles. The second-order valence-corrected chi connectivity index (χ2v) is 4.48. The number of rotatable bonds is 2. The number of anilines is 1. The van der Waals surface area contributed by atoms with E-state index in [1.54, 1.807) is 0 Å². The maximum atomic E-state index is 11.4. The van der Waals surface area contributed by atoms with Gasteiger partial charge in [-0.25, -0.2) is 0 Å². The number of hydrogen-bond donors (Lipinski definition) is 1. The molecule has 14 heavy (non-hydrogen) atoms. The zero-order valence-corrected chi connectivity index (χ0v) is 10.2. The second-order valence-electron chi connectivity index (χ2n) is 3.63. The molecule has 1 N–H and O–H groups in total. The summed E-state index contributed by atoms with van der Waals surface area (Å²) in [6.45, 7) is 5.76. The number of carbonyl (C=O) groups excluding carboxylic acids is 1. The van der Waals surface area contributed by atoms with Crippen molar-refractivity contribution in [2.24, 2.45) is 5.92 Å². The van der Waals surface area contributed by atoms with Crippen LogP contribution in [0.1, 0.15) is 19.4 Å². The van der Waals surface area contributed by atoms with Crippen molar-refractivity contribution in [3.8, 4) is 0 Å². The fourth-order valence-electron chi connectivity index (χ4n) is 0.999. The smallest absolute Gasteiger partial charge is 0.226 e. The lowest BCUT2D eigenvalue weighted by Crippen LogP contribution is -2.17. The summed E-state index contributed by atoms with van der Waals surface area (Å²) in [5.74, 6) is 0.0396. The molecule has 0 aliphatic rings. The highest BCUT2D eigenvalue weighted by Gasteiger charge is 2.08. The van der Waals surface area contributed by atoms with Gasteiger partial charge in [-0.2, -0.15) is 0 Å². The first-order chi connectivity index (χ1) is 6.50. The number of hydrogen-bond acceptors (Lipinski definition) is 1. The summed E-state index contributed by atoms with van der Waals surface area (Å²) in [7, 11) is 0. The van der Waals surface area contributed by atoms with Crippen molar-refractivity contribution in [3.63, 3.8) is 0 Å². The zero-order chi connectivity index (χ0) is 10.7. The lowest BCUT2D eigenvalue weighted by atomic mass is 10.2. The van der Waals surface area contributed by atoms with Crippen molar-refractivity contribution >= 4 is 27.5 Å². The number of nitrogens with one attached hydrogen (secondary N) is 1. The topological polar surface area (TPSA) is 29.1 Å². The minimum atomic E-state index is 0.00297. The number of amides is 1. The Morgan fingerprint density at radius 2 is 2.07 bits per heavy atom. The van der Waals surface area contributed by atoms with Crippen molar-refractivity contribution in [2.75, 3.05) is 5.32 Å². The largest absolute Gasteiger partial charge is 0.325 e. The first kappa shape index (κ1) is 11.2. The maximum absolute atomic E-state index is 11.4. The molecule has 0 saturated heterocycles. The lowest BCUT2D eigenvalue weighted by molar-refractivity contribution is -0.118. The number of benzene rings is 1. The van der Waals surface area contributed by atoms with E-state index < -0.39 is 0 Å². The van der Waals surface area contributed by atoms with Crippen LogP contribution in [0.4, 0.5) is 5.69 Å². The van der Waals surface area contributed by atoms with Gasteiger partial charge < -0.3 is 5.32 Å². The van der Waals surface area contributed by atoms with Crippen LogP contribution in [0.5, 0.6) is 0 Å². The third kappa shape index (κ3) is 2.84. The van der Waals surface area contributed by atoms with Gasteiger partial charge in [-0.1, -0.05) is 19.9 Å². The van der Waals surface area contributed by atoms with Gasteiger partial charge in [0, 0.05) is 10.4 Å². The van der Waals surface area contributed by atoms with E-state index in [0.29, 0.717) is 0 Å². The Balaban J connectivity index is 2.82. The molecule has 0 unspecified atom stereocenters. The van der Waals surface area contributed by atoms with Crippen molar-refractivity contribution in [1.82, 2.24) is 0 Å². The van der Waals surface area contributed by atoms with Crippen LogP contribution in [0.3, 0.4) is 0 Å². The van der Waals surface area contributed by atoms with E-state index in [9.17, 15) is 4.79 Å². The summed E-state index contributed by atoms with van der Waals surface area (Å²) in [5.41, 5.74) is 1.99. The van der Waals surface area contributed by atoms with Crippen LogP contribution in [0, 0.1) is 12.8 Å². The standard InChI is InChI=1S/C11H14BrNO/c1-7(2)11(14)13-10-5-4-8(3)6-9(10)12/h4-7H,1-3H3,(H,13,14). The van der Waals surface area contributed by atoms with Gasteiger partial charge in [0.15, 0.2) is 0 Å². The van der Waals surface area contributed by atoms with Crippen molar-refractivity contribution in [3.05, 3.63) is 28.2 Å². The number of aryl methyl sites for hydroxylation is 1. The Hall–Kier alpha value is -0.830. The van der Waals surface area contributed by atoms with Crippen LogP contribution in [0.25, 0.3) is 0 Å². The van der Waals surface area contributed by atoms with Crippen molar-refractivity contribution in [1.29, 1.82) is 0 Å². The van der Waals surface area contributed by atoms with Crippen LogP contribution >= 0.6 is 15.9 Å². The molecule has 1 rings (SSSR count). The highest BCUT2D eigenvalue weighted by atomic mass is 79.9. The van der Waals surface area contributed by atoms with Gasteiger partial charge in [-0.3, -0.25) is 4.79 Å². The number of halogens is 1. The van der Waals surface area contributed by atoms with E-state index in [-0.39, 0.29) is 11.8 Å². The average molecular weight is 256 g/mol. The second kappa shape index (κ2) is 4.60. The molecule has 1 aromatic rings. The van der Waals surface area contributed by atoms with Gasteiger partial charge >= 0.3 is 0 Å². The SMILES string of the molecule is Cc1ccc(NC(=O)C(C)C)c(Br)c1. The molecule has 0 atom stereocenters. The van der Waals surface area contributed by atoms with E-state index in [4.69, 9.17) is 0 Å². The predicted octanol–water partition coefficient (Wildman–Crippen LogP) is 3.35. The Kier molecular flexibility index (Phi) is 3.69. The molecule has 1 aromatic carbocycles. The van der Waals surface area contributed by atoms with Gasteiger partial charge in [0.25, 0.3) is 0 Å². The molecule has 3 heteroatoms. The van der Waals surface area contributed by atoms with Gasteiger partial charge in [0.1, 0.15) is 0 Å². The first-order valence-electron chi connectivity index (χ1n) is 4.57. The van der Waals surface area contributed by atoms with Crippen molar-refractivity contribution in [2.45, 2.75) is 20.8 Å². The summed E-state index contributed by atoms with van der Waals surface area (Å²) < 4.78 is 0.923.